The number of hydrazone groups is 1. The van der Waals surface area contributed by atoms with E-state index in [1.807, 2.05) is 12.1 Å². The van der Waals surface area contributed by atoms with E-state index >= 15 is 0 Å². The molecular formula is C19H21F2N5O2S. The highest BCUT2D eigenvalue weighted by molar-refractivity contribution is 8.14. The summed E-state index contributed by atoms with van der Waals surface area (Å²) < 4.78 is 32.3. The molecule has 1 heterocycles. The minimum Gasteiger partial charge on any atom is -0.378 e. The predicted octanol–water partition coefficient (Wildman–Crippen LogP) is 2.33. The molecule has 1 aliphatic rings. The first-order chi connectivity index (χ1) is 14.0. The van der Waals surface area contributed by atoms with Gasteiger partial charge < -0.3 is 15.5 Å². The molecule has 1 fully saturated rings. The van der Waals surface area contributed by atoms with Crippen molar-refractivity contribution in [3.63, 3.8) is 0 Å². The standard InChI is InChI=1S/C19H21F2N5O2S/c20-14-3-6-17(16(21)11-14)26(23)19(24-22)29-12-18(27)13-1-4-15(5-2-13)25-7-9-28-10-8-25/h1-6,11H,7-10,12,22-23H2/b24-19+. The maximum atomic E-state index is 13.9. The first-order valence-electron chi connectivity index (χ1n) is 8.86. The number of carbonyl (C=O) groups is 1. The molecule has 0 aliphatic carbocycles. The molecule has 0 atom stereocenters. The molecule has 4 N–H and O–H groups in total. The number of hydrogen-bond donors (Lipinski definition) is 2. The Hall–Kier alpha value is -2.69. The van der Waals surface area contributed by atoms with Crippen LogP contribution in [-0.4, -0.2) is 43.0 Å². The van der Waals surface area contributed by atoms with Crippen LogP contribution in [0, 0.1) is 11.6 Å². The number of benzene rings is 2. The Kier molecular flexibility index (Phi) is 7.02. The highest BCUT2D eigenvalue weighted by atomic mass is 32.2. The van der Waals surface area contributed by atoms with Crippen LogP contribution in [0.4, 0.5) is 20.2 Å². The quantitative estimate of drug-likeness (QED) is 0.251. The second-order valence-corrected chi connectivity index (χ2v) is 7.18. The van der Waals surface area contributed by atoms with Gasteiger partial charge in [0.1, 0.15) is 5.82 Å². The van der Waals surface area contributed by atoms with Crippen LogP contribution in [0.5, 0.6) is 0 Å². The highest BCUT2D eigenvalue weighted by Crippen LogP contribution is 2.22. The average molecular weight is 421 g/mol. The molecule has 0 amide bonds. The summed E-state index contributed by atoms with van der Waals surface area (Å²) >= 11 is 0.962. The summed E-state index contributed by atoms with van der Waals surface area (Å²) in [6, 6.07) is 10.2. The van der Waals surface area contributed by atoms with Crippen LogP contribution in [0.25, 0.3) is 0 Å². The zero-order chi connectivity index (χ0) is 20.8. The Morgan fingerprint density at radius 1 is 1.17 bits per heavy atom. The van der Waals surface area contributed by atoms with Gasteiger partial charge in [0.25, 0.3) is 0 Å². The van der Waals surface area contributed by atoms with Crippen LogP contribution >= 0.6 is 11.8 Å². The maximum absolute atomic E-state index is 13.9. The number of nitrogens with two attached hydrogens (primary N) is 2. The van der Waals surface area contributed by atoms with Crippen LogP contribution in [0.15, 0.2) is 47.6 Å². The molecule has 2 aromatic carbocycles. The zero-order valence-corrected chi connectivity index (χ0v) is 16.4. The van der Waals surface area contributed by atoms with Crippen LogP contribution in [0.2, 0.25) is 0 Å². The third kappa shape index (κ3) is 5.22. The van der Waals surface area contributed by atoms with Gasteiger partial charge in [-0.1, -0.05) is 11.8 Å². The zero-order valence-electron chi connectivity index (χ0n) is 15.6. The number of anilines is 2. The van der Waals surface area contributed by atoms with Crippen LogP contribution in [-0.2, 0) is 4.74 Å². The number of amidine groups is 1. The van der Waals surface area contributed by atoms with Crippen molar-refractivity contribution in [1.29, 1.82) is 0 Å². The Labute approximate surface area is 171 Å². The summed E-state index contributed by atoms with van der Waals surface area (Å²) in [5.74, 6) is 9.44. The second-order valence-electron chi connectivity index (χ2n) is 6.24. The smallest absolute Gasteiger partial charge is 0.201 e. The normalized spacial score (nSPS) is 14.7. The number of halogens is 2. The average Bonchev–Trinajstić information content (AvgIpc) is 2.74. The van der Waals surface area contributed by atoms with Crippen molar-refractivity contribution in [2.75, 3.05) is 42.0 Å². The summed E-state index contributed by atoms with van der Waals surface area (Å²) in [5.41, 5.74) is 1.45. The molecule has 0 spiro atoms. The largest absolute Gasteiger partial charge is 0.378 e. The van der Waals surface area contributed by atoms with Crippen molar-refractivity contribution in [2.45, 2.75) is 0 Å². The van der Waals surface area contributed by atoms with Gasteiger partial charge in [0.05, 0.1) is 24.7 Å². The van der Waals surface area contributed by atoms with E-state index in [1.54, 1.807) is 12.1 Å². The Balaban J connectivity index is 1.61. The first-order valence-corrected chi connectivity index (χ1v) is 9.84. The van der Waals surface area contributed by atoms with Crippen LogP contribution < -0.4 is 21.6 Å². The molecular weight excluding hydrogens is 400 g/mol. The SMILES string of the molecule is N/N=C(/SCC(=O)c1ccc(N2CCOCC2)cc1)N(N)c1ccc(F)cc1F. The van der Waals surface area contributed by atoms with Crippen molar-refractivity contribution < 1.29 is 18.3 Å². The van der Waals surface area contributed by atoms with Gasteiger partial charge in [-0.25, -0.2) is 14.6 Å². The van der Waals surface area contributed by atoms with E-state index in [9.17, 15) is 13.6 Å². The number of nitrogens with zero attached hydrogens (tertiary/aromatic N) is 3. The monoisotopic (exact) mass is 421 g/mol. The number of thioether (sulfide) groups is 1. The molecule has 0 bridgehead atoms. The number of morpholine rings is 1. The number of rotatable bonds is 5. The summed E-state index contributed by atoms with van der Waals surface area (Å²) in [5, 5.41) is 4.42. The number of ether oxygens (including phenoxy) is 1. The van der Waals surface area contributed by atoms with Crippen LogP contribution in [0.3, 0.4) is 0 Å². The lowest BCUT2D eigenvalue weighted by atomic mass is 10.1. The molecule has 1 aliphatic heterocycles. The third-order valence-corrected chi connectivity index (χ3v) is 5.35. The topological polar surface area (TPSA) is 97.2 Å². The van der Waals surface area contributed by atoms with E-state index in [2.05, 4.69) is 10.0 Å². The van der Waals surface area contributed by atoms with E-state index in [4.69, 9.17) is 16.4 Å². The number of ketones is 1. The van der Waals surface area contributed by atoms with E-state index in [0.29, 0.717) is 24.8 Å². The number of hydrogen-bond acceptors (Lipinski definition) is 7. The van der Waals surface area contributed by atoms with Gasteiger partial charge in [0.15, 0.2) is 11.6 Å². The fourth-order valence-electron chi connectivity index (χ4n) is 2.84. The molecule has 0 unspecified atom stereocenters. The second kappa shape index (κ2) is 9.68. The molecule has 0 radical (unpaired) electrons. The summed E-state index contributed by atoms with van der Waals surface area (Å²) in [7, 11) is 0. The highest BCUT2D eigenvalue weighted by Gasteiger charge is 2.18. The van der Waals surface area contributed by atoms with E-state index < -0.39 is 11.6 Å². The van der Waals surface area contributed by atoms with Gasteiger partial charge in [-0.15, -0.1) is 0 Å². The van der Waals surface area contributed by atoms with Crippen molar-refractivity contribution in [3.8, 4) is 0 Å². The molecule has 1 saturated heterocycles. The van der Waals surface area contributed by atoms with E-state index in [0.717, 1.165) is 41.6 Å². The predicted molar refractivity (Wildman–Crippen MR) is 111 cm³/mol. The fourth-order valence-corrected chi connectivity index (χ4v) is 3.58. The lowest BCUT2D eigenvalue weighted by Crippen LogP contribution is -2.37. The fraction of sp³-hybridized carbons (Fsp3) is 0.263. The van der Waals surface area contributed by atoms with Gasteiger partial charge in [0, 0.05) is 30.4 Å². The summed E-state index contributed by atoms with van der Waals surface area (Å²) in [6.45, 7) is 2.99. The number of carbonyl (C=O) groups excluding carboxylic acids is 1. The lowest BCUT2D eigenvalue weighted by molar-refractivity contribution is 0.102. The maximum Gasteiger partial charge on any atom is 0.201 e. The molecule has 0 aromatic heterocycles. The van der Waals surface area contributed by atoms with Gasteiger partial charge in [-0.05, 0) is 36.4 Å². The number of hydrazine groups is 1. The van der Waals surface area contributed by atoms with Gasteiger partial charge in [-0.3, -0.25) is 9.80 Å². The lowest BCUT2D eigenvalue weighted by Gasteiger charge is -2.28. The third-order valence-electron chi connectivity index (χ3n) is 4.38. The Morgan fingerprint density at radius 2 is 1.86 bits per heavy atom. The van der Waals surface area contributed by atoms with Gasteiger partial charge >= 0.3 is 0 Å². The van der Waals surface area contributed by atoms with Crippen molar-refractivity contribution >= 4 is 34.1 Å². The molecule has 0 saturated carbocycles. The van der Waals surface area contributed by atoms with E-state index in [1.165, 1.54) is 6.07 Å². The molecule has 2 aromatic rings. The molecule has 154 valence electrons. The van der Waals surface area contributed by atoms with Crippen molar-refractivity contribution in [2.24, 2.45) is 16.8 Å². The van der Waals surface area contributed by atoms with Gasteiger partial charge in [-0.2, -0.15) is 5.10 Å². The van der Waals surface area contributed by atoms with Gasteiger partial charge in [0.2, 0.25) is 5.17 Å². The van der Waals surface area contributed by atoms with E-state index in [-0.39, 0.29) is 22.4 Å². The minimum atomic E-state index is -0.862. The molecule has 10 heteroatoms. The Bertz CT molecular complexity index is 889. The minimum absolute atomic E-state index is 0.00342. The molecule has 3 rings (SSSR count). The molecule has 29 heavy (non-hydrogen) atoms. The molecule has 7 nitrogen and oxygen atoms in total. The Morgan fingerprint density at radius 3 is 2.48 bits per heavy atom. The summed E-state index contributed by atoms with van der Waals surface area (Å²) in [4.78, 5) is 14.7. The van der Waals surface area contributed by atoms with Crippen LogP contribution in [0.1, 0.15) is 10.4 Å². The number of Topliss-reactive ketones (excluding diaryl/α,β-unsaturated/α-hetero) is 1. The van der Waals surface area contributed by atoms with Crippen molar-refractivity contribution in [1.82, 2.24) is 0 Å². The first kappa shape index (κ1) is 21.0. The summed E-state index contributed by atoms with van der Waals surface area (Å²) in [6.07, 6.45) is 0. The van der Waals surface area contributed by atoms with Crippen molar-refractivity contribution in [3.05, 3.63) is 59.7 Å².